The Morgan fingerprint density at radius 3 is 1.93 bits per heavy atom. The Labute approximate surface area is 252 Å². The molecule has 0 bridgehead atoms. The van der Waals surface area contributed by atoms with Gasteiger partial charge in [0.05, 0.1) is 38.0 Å². The van der Waals surface area contributed by atoms with Gasteiger partial charge in [-0.05, 0) is 43.3 Å². The smallest absolute Gasteiger partial charge is 0.744 e. The van der Waals surface area contributed by atoms with E-state index in [1.54, 1.807) is 24.3 Å². The Bertz CT molecular complexity index is 1910. The van der Waals surface area contributed by atoms with Crippen LogP contribution in [0.4, 0.5) is 22.7 Å². The van der Waals surface area contributed by atoms with Gasteiger partial charge in [-0.3, -0.25) is 14.3 Å². The molecule has 0 fully saturated rings. The molecule has 0 spiro atoms. The minimum absolute atomic E-state index is 0. The van der Waals surface area contributed by atoms with Gasteiger partial charge in [-0.15, -0.1) is 0 Å². The van der Waals surface area contributed by atoms with Crippen molar-refractivity contribution in [2.45, 2.75) is 16.7 Å². The van der Waals surface area contributed by atoms with Gasteiger partial charge in [0.1, 0.15) is 10.1 Å². The predicted molar refractivity (Wildman–Crippen MR) is 144 cm³/mol. The fourth-order valence-corrected chi connectivity index (χ4v) is 6.03. The number of fused-ring (bicyclic) bond motifs is 2. The van der Waals surface area contributed by atoms with E-state index in [0.29, 0.717) is 0 Å². The summed E-state index contributed by atoms with van der Waals surface area (Å²) in [7, 11) is -9.07. The SMILES string of the molecule is Cc1ccc(S(=O)(=O)Nc2cccc(Nc3cc(S(=O)(=O)[O-])c(N)c4c3C(=O)c3ccccc3C4=O)c2)cc1.[Na+]. The Kier molecular flexibility index (Phi) is 7.96. The van der Waals surface area contributed by atoms with E-state index in [1.807, 2.05) is 6.92 Å². The standard InChI is InChI=1S/C27H21N3O7S2.Na/c1-15-9-11-18(12-10-15)38(33,34)30-17-6-4-5-16(13-17)29-21-14-22(39(35,36)37)25(28)24-23(21)26(31)19-7-2-3-8-20(19)27(24)32;/h2-14,29-30H,28H2,1H3,(H,35,36,37);/q;+1/p-1. The normalized spacial score (nSPS) is 12.7. The van der Waals surface area contributed by atoms with Crippen molar-refractivity contribution in [3.05, 3.63) is 107 Å². The van der Waals surface area contributed by atoms with Crippen LogP contribution in [0.1, 0.15) is 37.4 Å². The maximum Gasteiger partial charge on any atom is 1.00 e. The van der Waals surface area contributed by atoms with Crippen molar-refractivity contribution < 1.29 is 60.5 Å². The van der Waals surface area contributed by atoms with E-state index in [0.717, 1.165) is 11.6 Å². The number of ketones is 2. The summed E-state index contributed by atoms with van der Waals surface area (Å²) in [6.45, 7) is 1.83. The van der Waals surface area contributed by atoms with Crippen LogP contribution in [0.3, 0.4) is 0 Å². The molecule has 4 aromatic carbocycles. The number of carbonyl (C=O) groups excluding carboxylic acids is 2. The zero-order valence-electron chi connectivity index (χ0n) is 21.3. The average Bonchev–Trinajstić information content (AvgIpc) is 2.87. The zero-order chi connectivity index (χ0) is 28.1. The average molecular weight is 586 g/mol. The molecule has 10 nitrogen and oxygen atoms in total. The van der Waals surface area contributed by atoms with Gasteiger partial charge >= 0.3 is 29.6 Å². The summed E-state index contributed by atoms with van der Waals surface area (Å²) in [4.78, 5) is 25.9. The molecule has 0 amide bonds. The number of nitrogens with one attached hydrogen (secondary N) is 2. The third kappa shape index (κ3) is 5.42. The number of rotatable bonds is 6. The quantitative estimate of drug-likeness (QED) is 0.148. The maximum atomic E-state index is 13.4. The number of hydrogen-bond donors (Lipinski definition) is 3. The maximum absolute atomic E-state index is 13.4. The molecule has 0 radical (unpaired) electrons. The third-order valence-corrected chi connectivity index (χ3v) is 8.47. The summed E-state index contributed by atoms with van der Waals surface area (Å²) in [6.07, 6.45) is 0. The molecular formula is C27H20N3NaO7S2. The molecule has 0 heterocycles. The van der Waals surface area contributed by atoms with Crippen molar-refractivity contribution in [2.75, 3.05) is 15.8 Å². The molecule has 0 saturated carbocycles. The predicted octanol–water partition coefficient (Wildman–Crippen LogP) is 0.805. The fraction of sp³-hybridized carbons (Fsp3) is 0.0370. The second kappa shape index (κ2) is 10.8. The van der Waals surface area contributed by atoms with Gasteiger partial charge in [0.25, 0.3) is 10.0 Å². The summed E-state index contributed by atoms with van der Waals surface area (Å²) >= 11 is 0. The van der Waals surface area contributed by atoms with E-state index in [2.05, 4.69) is 10.0 Å². The molecule has 1 aliphatic rings. The Morgan fingerprint density at radius 2 is 1.32 bits per heavy atom. The van der Waals surface area contributed by atoms with Crippen molar-refractivity contribution in [2.24, 2.45) is 0 Å². The molecule has 40 heavy (non-hydrogen) atoms. The van der Waals surface area contributed by atoms with E-state index < -0.39 is 47.9 Å². The van der Waals surface area contributed by atoms with Crippen molar-refractivity contribution in [1.29, 1.82) is 0 Å². The second-order valence-corrected chi connectivity index (χ2v) is 11.9. The van der Waals surface area contributed by atoms with Crippen LogP contribution in [0.25, 0.3) is 0 Å². The molecule has 13 heteroatoms. The minimum atomic E-state index is -5.14. The van der Waals surface area contributed by atoms with Crippen molar-refractivity contribution in [3.63, 3.8) is 0 Å². The minimum Gasteiger partial charge on any atom is -0.744 e. The van der Waals surface area contributed by atoms with E-state index in [4.69, 9.17) is 5.73 Å². The van der Waals surface area contributed by atoms with Crippen molar-refractivity contribution >= 4 is 54.5 Å². The van der Waals surface area contributed by atoms with Crippen LogP contribution >= 0.6 is 0 Å². The van der Waals surface area contributed by atoms with Crippen molar-refractivity contribution in [3.8, 4) is 0 Å². The molecule has 0 saturated heterocycles. The molecule has 5 rings (SSSR count). The molecule has 0 aromatic heterocycles. The number of aryl methyl sites for hydroxylation is 1. The number of nitrogen functional groups attached to an aromatic ring is 1. The summed E-state index contributed by atoms with van der Waals surface area (Å²) in [5.74, 6) is -1.30. The number of anilines is 4. The van der Waals surface area contributed by atoms with Crippen LogP contribution in [0.2, 0.25) is 0 Å². The number of sulfonamides is 1. The van der Waals surface area contributed by atoms with E-state index in [-0.39, 0.29) is 68.2 Å². The number of nitrogens with two attached hydrogens (primary N) is 1. The van der Waals surface area contributed by atoms with E-state index in [9.17, 15) is 31.0 Å². The van der Waals surface area contributed by atoms with Gasteiger partial charge in [-0.2, -0.15) is 0 Å². The van der Waals surface area contributed by atoms with Crippen LogP contribution in [-0.2, 0) is 20.1 Å². The third-order valence-electron chi connectivity index (χ3n) is 6.19. The first kappa shape index (κ1) is 29.5. The van der Waals surface area contributed by atoms with Gasteiger partial charge in [0.2, 0.25) is 0 Å². The second-order valence-electron chi connectivity index (χ2n) is 8.87. The van der Waals surface area contributed by atoms with Gasteiger partial charge in [-0.1, -0.05) is 48.0 Å². The van der Waals surface area contributed by atoms with Crippen LogP contribution in [-0.4, -0.2) is 33.0 Å². The van der Waals surface area contributed by atoms with Crippen LogP contribution in [0.5, 0.6) is 0 Å². The molecule has 0 unspecified atom stereocenters. The molecular weight excluding hydrogens is 565 g/mol. The topological polar surface area (TPSA) is 176 Å². The van der Waals surface area contributed by atoms with E-state index in [1.165, 1.54) is 48.5 Å². The van der Waals surface area contributed by atoms with Gasteiger partial charge in [-0.25, -0.2) is 16.8 Å². The van der Waals surface area contributed by atoms with Crippen LogP contribution < -0.4 is 45.3 Å². The largest absolute Gasteiger partial charge is 1.00 e. The summed E-state index contributed by atoms with van der Waals surface area (Å²) in [5, 5.41) is 2.86. The summed E-state index contributed by atoms with van der Waals surface area (Å²) < 4.78 is 64.2. The van der Waals surface area contributed by atoms with E-state index >= 15 is 0 Å². The van der Waals surface area contributed by atoms with Gasteiger partial charge < -0.3 is 15.6 Å². The van der Waals surface area contributed by atoms with Crippen molar-refractivity contribution in [1.82, 2.24) is 0 Å². The first-order chi connectivity index (χ1) is 18.4. The molecule has 0 atom stereocenters. The zero-order valence-corrected chi connectivity index (χ0v) is 24.9. The Hall–Kier alpha value is -3.52. The van der Waals surface area contributed by atoms with Gasteiger partial charge in [0, 0.05) is 16.8 Å². The Balaban J connectivity index is 0.00000370. The molecule has 4 aromatic rings. The van der Waals surface area contributed by atoms with Gasteiger partial charge in [0.15, 0.2) is 11.6 Å². The molecule has 1 aliphatic carbocycles. The molecule has 198 valence electrons. The first-order valence-corrected chi connectivity index (χ1v) is 14.3. The number of hydrogen-bond acceptors (Lipinski definition) is 9. The number of carbonyl (C=O) groups is 2. The monoisotopic (exact) mass is 585 g/mol. The molecule has 4 N–H and O–H groups in total. The van der Waals surface area contributed by atoms with Crippen LogP contribution in [0, 0.1) is 6.92 Å². The Morgan fingerprint density at radius 1 is 0.750 bits per heavy atom. The summed E-state index contributed by atoms with van der Waals surface area (Å²) in [5.41, 5.74) is 6.01. The first-order valence-electron chi connectivity index (χ1n) is 11.4. The fourth-order valence-electron chi connectivity index (χ4n) is 4.35. The number of benzene rings is 4. The summed E-state index contributed by atoms with van der Waals surface area (Å²) in [6, 6.07) is 19.1. The molecule has 0 aliphatic heterocycles. The van der Waals surface area contributed by atoms with Crippen LogP contribution in [0.15, 0.2) is 88.7 Å².